The summed E-state index contributed by atoms with van der Waals surface area (Å²) in [6.45, 7) is 1.95. The molecule has 0 heterocycles. The van der Waals surface area contributed by atoms with Gasteiger partial charge in [0.15, 0.2) is 0 Å². The number of amides is 1. The molecule has 1 atom stereocenters. The lowest BCUT2D eigenvalue weighted by atomic mass is 9.82. The standard InChI is InChI=1S/C22H29ClN2O/c1-16-18(12-9-13-19(16)23)21(26)24-20(17-10-5-4-6-11-17)22(25(2)3)14-7-8-15-22/h4-6,10-11,13,20H,7-9,12,14-15H2,1-3H3,(H,24,26). The van der Waals surface area contributed by atoms with E-state index in [1.807, 2.05) is 19.1 Å². The first-order chi connectivity index (χ1) is 12.5. The van der Waals surface area contributed by atoms with Crippen molar-refractivity contribution in [1.82, 2.24) is 10.2 Å². The molecule has 1 aromatic rings. The van der Waals surface area contributed by atoms with E-state index in [0.717, 1.165) is 36.8 Å². The molecule has 1 fully saturated rings. The molecule has 0 radical (unpaired) electrons. The molecule has 2 aliphatic rings. The molecule has 1 saturated carbocycles. The van der Waals surface area contributed by atoms with Gasteiger partial charge in [-0.25, -0.2) is 0 Å². The molecule has 0 aromatic heterocycles. The molecule has 2 aliphatic carbocycles. The number of hydrogen-bond acceptors (Lipinski definition) is 2. The average Bonchev–Trinajstić information content (AvgIpc) is 3.13. The van der Waals surface area contributed by atoms with Gasteiger partial charge in [0, 0.05) is 16.1 Å². The first-order valence-corrected chi connectivity index (χ1v) is 9.92. The Balaban J connectivity index is 1.96. The van der Waals surface area contributed by atoms with E-state index >= 15 is 0 Å². The van der Waals surface area contributed by atoms with Crippen LogP contribution in [0.25, 0.3) is 0 Å². The van der Waals surface area contributed by atoms with E-state index in [1.165, 1.54) is 18.4 Å². The number of hydrogen-bond donors (Lipinski definition) is 1. The van der Waals surface area contributed by atoms with Gasteiger partial charge in [0.05, 0.1) is 6.04 Å². The highest BCUT2D eigenvalue weighted by Gasteiger charge is 2.45. The first kappa shape index (κ1) is 19.2. The van der Waals surface area contributed by atoms with Crippen molar-refractivity contribution in [3.8, 4) is 0 Å². The number of benzene rings is 1. The Morgan fingerprint density at radius 3 is 2.46 bits per heavy atom. The third-order valence-electron chi connectivity index (χ3n) is 6.11. The van der Waals surface area contributed by atoms with Gasteiger partial charge >= 0.3 is 0 Å². The number of allylic oxidation sites excluding steroid dienone is 3. The van der Waals surface area contributed by atoms with Gasteiger partial charge in [-0.05, 0) is 57.8 Å². The van der Waals surface area contributed by atoms with E-state index in [1.54, 1.807) is 0 Å². The van der Waals surface area contributed by atoms with Crippen LogP contribution in [-0.2, 0) is 4.79 Å². The summed E-state index contributed by atoms with van der Waals surface area (Å²) < 4.78 is 0. The van der Waals surface area contributed by atoms with Gasteiger partial charge in [0.25, 0.3) is 0 Å². The Labute approximate surface area is 162 Å². The van der Waals surface area contributed by atoms with Crippen molar-refractivity contribution in [2.45, 2.75) is 57.0 Å². The van der Waals surface area contributed by atoms with Crippen LogP contribution < -0.4 is 5.32 Å². The Morgan fingerprint density at radius 1 is 1.19 bits per heavy atom. The lowest BCUT2D eigenvalue weighted by Gasteiger charge is -2.44. The van der Waals surface area contributed by atoms with Crippen LogP contribution in [0, 0.1) is 0 Å². The highest BCUT2D eigenvalue weighted by molar-refractivity contribution is 6.32. The Hall–Kier alpha value is -1.58. The average molecular weight is 373 g/mol. The van der Waals surface area contributed by atoms with Gasteiger partial charge in [-0.2, -0.15) is 0 Å². The molecule has 1 aromatic carbocycles. The molecule has 3 nitrogen and oxygen atoms in total. The monoisotopic (exact) mass is 372 g/mol. The SMILES string of the molecule is CC1=C(C(=O)NC(c2ccccc2)C2(N(C)C)CCCC2)CCC=C1Cl. The zero-order chi connectivity index (χ0) is 18.7. The number of likely N-dealkylation sites (N-methyl/N-ethyl adjacent to an activating group) is 1. The van der Waals surface area contributed by atoms with Crippen LogP contribution in [0.5, 0.6) is 0 Å². The van der Waals surface area contributed by atoms with Crippen molar-refractivity contribution in [2.24, 2.45) is 0 Å². The maximum atomic E-state index is 13.2. The smallest absolute Gasteiger partial charge is 0.248 e. The fourth-order valence-corrected chi connectivity index (χ4v) is 4.71. The van der Waals surface area contributed by atoms with Crippen molar-refractivity contribution in [2.75, 3.05) is 14.1 Å². The fraction of sp³-hybridized carbons (Fsp3) is 0.500. The van der Waals surface area contributed by atoms with Gasteiger partial charge < -0.3 is 10.2 Å². The van der Waals surface area contributed by atoms with Crippen molar-refractivity contribution in [3.05, 3.63) is 58.1 Å². The van der Waals surface area contributed by atoms with Gasteiger partial charge in [-0.3, -0.25) is 4.79 Å². The number of nitrogens with one attached hydrogen (secondary N) is 1. The zero-order valence-corrected chi connectivity index (χ0v) is 16.8. The molecule has 1 amide bonds. The van der Waals surface area contributed by atoms with Gasteiger partial charge in [0.2, 0.25) is 5.91 Å². The largest absolute Gasteiger partial charge is 0.344 e. The van der Waals surface area contributed by atoms with E-state index in [-0.39, 0.29) is 17.5 Å². The lowest BCUT2D eigenvalue weighted by molar-refractivity contribution is -0.119. The second-order valence-corrected chi connectivity index (χ2v) is 8.12. The fourth-order valence-electron chi connectivity index (χ4n) is 4.48. The summed E-state index contributed by atoms with van der Waals surface area (Å²) in [5.41, 5.74) is 2.87. The minimum atomic E-state index is -0.0419. The molecule has 4 heteroatoms. The van der Waals surface area contributed by atoms with E-state index in [2.05, 4.69) is 48.6 Å². The summed E-state index contributed by atoms with van der Waals surface area (Å²) in [5.74, 6) is 0.0238. The molecule has 26 heavy (non-hydrogen) atoms. The predicted octanol–water partition coefficient (Wildman–Crippen LogP) is 4.95. The summed E-state index contributed by atoms with van der Waals surface area (Å²) in [5, 5.41) is 4.10. The Kier molecular flexibility index (Phi) is 5.89. The Bertz CT molecular complexity index is 715. The summed E-state index contributed by atoms with van der Waals surface area (Å²) in [6.07, 6.45) is 8.18. The van der Waals surface area contributed by atoms with Gasteiger partial charge in [0.1, 0.15) is 0 Å². The minimum absolute atomic E-state index is 0.0238. The quantitative estimate of drug-likeness (QED) is 0.792. The molecule has 0 spiro atoms. The third-order valence-corrected chi connectivity index (χ3v) is 6.55. The number of nitrogens with zero attached hydrogens (tertiary/aromatic N) is 1. The van der Waals surface area contributed by atoms with Crippen LogP contribution in [-0.4, -0.2) is 30.4 Å². The molecule has 1 N–H and O–H groups in total. The lowest BCUT2D eigenvalue weighted by Crippen LogP contribution is -2.53. The second kappa shape index (κ2) is 7.98. The normalized spacial score (nSPS) is 20.9. The third kappa shape index (κ3) is 3.60. The van der Waals surface area contributed by atoms with E-state index in [9.17, 15) is 4.79 Å². The molecular weight excluding hydrogens is 344 g/mol. The highest BCUT2D eigenvalue weighted by Crippen LogP contribution is 2.43. The zero-order valence-electron chi connectivity index (χ0n) is 16.0. The van der Waals surface area contributed by atoms with Crippen molar-refractivity contribution < 1.29 is 4.79 Å². The van der Waals surface area contributed by atoms with Crippen LogP contribution in [0.3, 0.4) is 0 Å². The predicted molar refractivity (Wildman–Crippen MR) is 108 cm³/mol. The molecule has 0 aliphatic heterocycles. The van der Waals surface area contributed by atoms with E-state index in [4.69, 9.17) is 11.6 Å². The van der Waals surface area contributed by atoms with Crippen LogP contribution in [0.2, 0.25) is 0 Å². The van der Waals surface area contributed by atoms with Crippen LogP contribution in [0.4, 0.5) is 0 Å². The molecule has 3 rings (SSSR count). The summed E-state index contributed by atoms with van der Waals surface area (Å²) >= 11 is 6.28. The van der Waals surface area contributed by atoms with Gasteiger partial charge in [-0.1, -0.05) is 60.9 Å². The van der Waals surface area contributed by atoms with Gasteiger partial charge in [-0.15, -0.1) is 0 Å². The molecular formula is C22H29ClN2O. The number of carbonyl (C=O) groups is 1. The highest BCUT2D eigenvalue weighted by atomic mass is 35.5. The second-order valence-electron chi connectivity index (χ2n) is 7.72. The molecule has 1 unspecified atom stereocenters. The van der Waals surface area contributed by atoms with Crippen LogP contribution in [0.15, 0.2) is 52.6 Å². The van der Waals surface area contributed by atoms with Crippen molar-refractivity contribution in [1.29, 1.82) is 0 Å². The van der Waals surface area contributed by atoms with Crippen molar-refractivity contribution >= 4 is 17.5 Å². The molecule has 140 valence electrons. The number of rotatable bonds is 5. The Morgan fingerprint density at radius 2 is 1.85 bits per heavy atom. The maximum absolute atomic E-state index is 13.2. The van der Waals surface area contributed by atoms with E-state index < -0.39 is 0 Å². The number of carbonyl (C=O) groups excluding carboxylic acids is 1. The maximum Gasteiger partial charge on any atom is 0.248 e. The number of halogens is 1. The van der Waals surface area contributed by atoms with Crippen LogP contribution in [0.1, 0.15) is 57.1 Å². The van der Waals surface area contributed by atoms with Crippen molar-refractivity contribution in [3.63, 3.8) is 0 Å². The first-order valence-electron chi connectivity index (χ1n) is 9.55. The van der Waals surface area contributed by atoms with E-state index in [0.29, 0.717) is 5.03 Å². The minimum Gasteiger partial charge on any atom is -0.344 e. The summed E-state index contributed by atoms with van der Waals surface area (Å²) in [7, 11) is 4.27. The van der Waals surface area contributed by atoms with Crippen LogP contribution >= 0.6 is 11.6 Å². The molecule has 0 saturated heterocycles. The summed E-state index contributed by atoms with van der Waals surface area (Å²) in [4.78, 5) is 15.5. The topological polar surface area (TPSA) is 32.3 Å². The molecule has 0 bridgehead atoms. The summed E-state index contributed by atoms with van der Waals surface area (Å²) in [6, 6.07) is 10.4.